The summed E-state index contributed by atoms with van der Waals surface area (Å²) in [5.41, 5.74) is 0. The largest absolute Gasteiger partial charge is 0.314 e. The lowest BCUT2D eigenvalue weighted by Crippen LogP contribution is -2.43. The highest BCUT2D eigenvalue weighted by molar-refractivity contribution is 4.78. The fraction of sp³-hybridized carbons (Fsp3) is 1.00. The Labute approximate surface area is 120 Å². The first-order valence-corrected chi connectivity index (χ1v) is 8.73. The summed E-state index contributed by atoms with van der Waals surface area (Å²) in [6, 6.07) is 0.798. The van der Waals surface area contributed by atoms with Gasteiger partial charge in [0.25, 0.3) is 0 Å². The fourth-order valence-corrected chi connectivity index (χ4v) is 3.69. The van der Waals surface area contributed by atoms with Gasteiger partial charge in [-0.15, -0.1) is 0 Å². The average molecular weight is 266 g/mol. The molecule has 0 bridgehead atoms. The molecule has 0 radical (unpaired) electrons. The molecule has 1 saturated heterocycles. The third kappa shape index (κ3) is 5.43. The minimum atomic E-state index is 0.798. The van der Waals surface area contributed by atoms with Crippen molar-refractivity contribution in [1.82, 2.24) is 10.2 Å². The molecular weight excluding hydrogens is 232 g/mol. The van der Waals surface area contributed by atoms with Gasteiger partial charge in [-0.25, -0.2) is 0 Å². The number of likely N-dealkylation sites (tertiary alicyclic amines) is 1. The summed E-state index contributed by atoms with van der Waals surface area (Å²) in [5.74, 6) is 2.03. The molecule has 19 heavy (non-hydrogen) atoms. The van der Waals surface area contributed by atoms with Crippen LogP contribution in [0, 0.1) is 11.8 Å². The molecule has 1 aliphatic carbocycles. The fourth-order valence-electron chi connectivity index (χ4n) is 3.69. The Morgan fingerprint density at radius 2 is 1.68 bits per heavy atom. The molecule has 2 aliphatic rings. The molecule has 112 valence electrons. The molecule has 0 atom stereocenters. The van der Waals surface area contributed by atoms with E-state index in [-0.39, 0.29) is 0 Å². The highest BCUT2D eigenvalue weighted by Crippen LogP contribution is 2.30. The maximum absolute atomic E-state index is 3.68. The summed E-state index contributed by atoms with van der Waals surface area (Å²) in [4.78, 5) is 2.71. The van der Waals surface area contributed by atoms with Gasteiger partial charge in [-0.05, 0) is 63.7 Å². The first kappa shape index (κ1) is 15.3. The number of piperidine rings is 1. The van der Waals surface area contributed by atoms with E-state index in [0.29, 0.717) is 0 Å². The molecule has 2 heteroatoms. The van der Waals surface area contributed by atoms with Crippen LogP contribution in [0.5, 0.6) is 0 Å². The SMILES string of the molecule is CCCNC1CCN(CCC2CCC(C)CC2)CC1. The van der Waals surface area contributed by atoms with Crippen LogP contribution in [-0.4, -0.2) is 37.1 Å². The zero-order valence-electron chi connectivity index (χ0n) is 13.2. The molecule has 0 spiro atoms. The third-order valence-corrected chi connectivity index (χ3v) is 5.26. The Bertz CT molecular complexity index is 225. The Kier molecular flexibility index (Phi) is 6.66. The van der Waals surface area contributed by atoms with Crippen molar-refractivity contribution in [2.75, 3.05) is 26.2 Å². The van der Waals surface area contributed by atoms with Gasteiger partial charge in [0.15, 0.2) is 0 Å². The molecule has 1 saturated carbocycles. The zero-order chi connectivity index (χ0) is 13.5. The monoisotopic (exact) mass is 266 g/mol. The van der Waals surface area contributed by atoms with E-state index >= 15 is 0 Å². The number of hydrogen-bond acceptors (Lipinski definition) is 2. The standard InChI is InChI=1S/C17H34N2/c1-3-11-18-17-9-13-19(14-10-17)12-8-16-6-4-15(2)5-7-16/h15-18H,3-14H2,1-2H3. The Balaban J connectivity index is 1.55. The first-order valence-electron chi connectivity index (χ1n) is 8.73. The summed E-state index contributed by atoms with van der Waals surface area (Å²) in [6.07, 6.45) is 11.4. The van der Waals surface area contributed by atoms with Crippen molar-refractivity contribution >= 4 is 0 Å². The third-order valence-electron chi connectivity index (χ3n) is 5.26. The van der Waals surface area contributed by atoms with Gasteiger partial charge in [0.1, 0.15) is 0 Å². The van der Waals surface area contributed by atoms with E-state index in [0.717, 1.165) is 17.9 Å². The molecular formula is C17H34N2. The minimum Gasteiger partial charge on any atom is -0.314 e. The van der Waals surface area contributed by atoms with Crippen LogP contribution in [0.15, 0.2) is 0 Å². The highest BCUT2D eigenvalue weighted by atomic mass is 15.1. The van der Waals surface area contributed by atoms with E-state index in [2.05, 4.69) is 24.1 Å². The van der Waals surface area contributed by atoms with Crippen LogP contribution in [0.2, 0.25) is 0 Å². The zero-order valence-corrected chi connectivity index (χ0v) is 13.2. The van der Waals surface area contributed by atoms with E-state index < -0.39 is 0 Å². The van der Waals surface area contributed by atoms with Gasteiger partial charge in [-0.2, -0.15) is 0 Å². The Morgan fingerprint density at radius 1 is 1.00 bits per heavy atom. The molecule has 0 aromatic heterocycles. The first-order chi connectivity index (χ1) is 9.28. The molecule has 1 N–H and O–H groups in total. The van der Waals surface area contributed by atoms with Crippen molar-refractivity contribution in [2.45, 2.75) is 71.3 Å². The molecule has 0 unspecified atom stereocenters. The van der Waals surface area contributed by atoms with Crippen molar-refractivity contribution < 1.29 is 0 Å². The van der Waals surface area contributed by atoms with E-state index in [9.17, 15) is 0 Å². The molecule has 0 amide bonds. The lowest BCUT2D eigenvalue weighted by Gasteiger charge is -2.34. The van der Waals surface area contributed by atoms with Crippen molar-refractivity contribution in [3.05, 3.63) is 0 Å². The van der Waals surface area contributed by atoms with Crippen molar-refractivity contribution in [1.29, 1.82) is 0 Å². The lowest BCUT2D eigenvalue weighted by molar-refractivity contribution is 0.173. The van der Waals surface area contributed by atoms with Gasteiger partial charge in [-0.3, -0.25) is 0 Å². The molecule has 0 aromatic carbocycles. The molecule has 2 fully saturated rings. The smallest absolute Gasteiger partial charge is 0.00914 e. The Hall–Kier alpha value is -0.0800. The van der Waals surface area contributed by atoms with Gasteiger partial charge in [0.2, 0.25) is 0 Å². The van der Waals surface area contributed by atoms with E-state index in [1.165, 1.54) is 77.5 Å². The number of nitrogens with one attached hydrogen (secondary N) is 1. The second-order valence-electron chi connectivity index (χ2n) is 6.98. The summed E-state index contributed by atoms with van der Waals surface area (Å²) >= 11 is 0. The Morgan fingerprint density at radius 3 is 2.32 bits per heavy atom. The van der Waals surface area contributed by atoms with Gasteiger partial charge in [0, 0.05) is 6.04 Å². The van der Waals surface area contributed by atoms with Crippen LogP contribution in [-0.2, 0) is 0 Å². The van der Waals surface area contributed by atoms with E-state index in [1.54, 1.807) is 0 Å². The van der Waals surface area contributed by atoms with Crippen molar-refractivity contribution in [2.24, 2.45) is 11.8 Å². The number of hydrogen-bond donors (Lipinski definition) is 1. The molecule has 1 aliphatic heterocycles. The van der Waals surface area contributed by atoms with Gasteiger partial charge >= 0.3 is 0 Å². The molecule has 0 aromatic rings. The van der Waals surface area contributed by atoms with Crippen LogP contribution in [0.3, 0.4) is 0 Å². The van der Waals surface area contributed by atoms with E-state index in [1.807, 2.05) is 0 Å². The van der Waals surface area contributed by atoms with Crippen LogP contribution < -0.4 is 5.32 Å². The normalized spacial score (nSPS) is 30.6. The van der Waals surface area contributed by atoms with Crippen molar-refractivity contribution in [3.8, 4) is 0 Å². The quantitative estimate of drug-likeness (QED) is 0.789. The predicted octanol–water partition coefficient (Wildman–Crippen LogP) is 3.67. The second-order valence-corrected chi connectivity index (χ2v) is 6.98. The van der Waals surface area contributed by atoms with Crippen LogP contribution >= 0.6 is 0 Å². The van der Waals surface area contributed by atoms with Crippen molar-refractivity contribution in [3.63, 3.8) is 0 Å². The maximum Gasteiger partial charge on any atom is 0.00914 e. The van der Waals surface area contributed by atoms with Gasteiger partial charge in [-0.1, -0.05) is 39.5 Å². The van der Waals surface area contributed by atoms with Crippen LogP contribution in [0.1, 0.15) is 65.2 Å². The second kappa shape index (κ2) is 8.26. The molecule has 2 nitrogen and oxygen atoms in total. The lowest BCUT2D eigenvalue weighted by atomic mass is 9.81. The highest BCUT2D eigenvalue weighted by Gasteiger charge is 2.21. The average Bonchev–Trinajstić information content (AvgIpc) is 2.46. The number of nitrogens with zero attached hydrogens (tertiary/aromatic N) is 1. The predicted molar refractivity (Wildman–Crippen MR) is 83.5 cm³/mol. The van der Waals surface area contributed by atoms with Gasteiger partial charge in [0.05, 0.1) is 0 Å². The number of rotatable bonds is 6. The molecule has 1 heterocycles. The minimum absolute atomic E-state index is 0.798. The summed E-state index contributed by atoms with van der Waals surface area (Å²) in [6.45, 7) is 9.89. The maximum atomic E-state index is 3.68. The van der Waals surface area contributed by atoms with Crippen LogP contribution in [0.25, 0.3) is 0 Å². The molecule has 2 rings (SSSR count). The summed E-state index contributed by atoms with van der Waals surface area (Å²) in [7, 11) is 0. The summed E-state index contributed by atoms with van der Waals surface area (Å²) < 4.78 is 0. The van der Waals surface area contributed by atoms with Crippen LogP contribution in [0.4, 0.5) is 0 Å². The summed E-state index contributed by atoms with van der Waals surface area (Å²) in [5, 5.41) is 3.68. The topological polar surface area (TPSA) is 15.3 Å². The van der Waals surface area contributed by atoms with Gasteiger partial charge < -0.3 is 10.2 Å². The van der Waals surface area contributed by atoms with E-state index in [4.69, 9.17) is 0 Å².